The molecule has 2 aromatic carbocycles. The maximum absolute atomic E-state index is 12.7. The standard InChI is InChI=1S/C17H15BrN2O5S/c1-20-14-4-3-13(8-16(14)25-17(20)21)26(22,23)19-12-7-10-6-11(18)2-5-15(10)24-9-12/h2-6,8,12,19H,7,9H2,1H3/t12-/m1/s1. The minimum atomic E-state index is -3.78. The van der Waals surface area contributed by atoms with Gasteiger partial charge in [-0.05, 0) is 42.3 Å². The topological polar surface area (TPSA) is 90.5 Å². The average molecular weight is 439 g/mol. The fourth-order valence-corrected chi connectivity index (χ4v) is 4.65. The molecule has 136 valence electrons. The van der Waals surface area contributed by atoms with Crippen molar-refractivity contribution < 1.29 is 17.6 Å². The summed E-state index contributed by atoms with van der Waals surface area (Å²) in [5.41, 5.74) is 1.70. The molecule has 26 heavy (non-hydrogen) atoms. The second-order valence-corrected chi connectivity index (χ2v) is 8.77. The molecule has 1 aromatic heterocycles. The monoisotopic (exact) mass is 438 g/mol. The van der Waals surface area contributed by atoms with Gasteiger partial charge in [-0.3, -0.25) is 4.57 Å². The number of halogens is 1. The van der Waals surface area contributed by atoms with Gasteiger partial charge in [-0.25, -0.2) is 17.9 Å². The molecule has 1 aliphatic rings. The quantitative estimate of drug-likeness (QED) is 0.676. The molecular formula is C17H15BrN2O5S. The Labute approximate surface area is 157 Å². The van der Waals surface area contributed by atoms with E-state index in [4.69, 9.17) is 9.15 Å². The van der Waals surface area contributed by atoms with E-state index in [9.17, 15) is 13.2 Å². The summed E-state index contributed by atoms with van der Waals surface area (Å²) in [5.74, 6) is 0.224. The smallest absolute Gasteiger partial charge is 0.419 e. The largest absolute Gasteiger partial charge is 0.492 e. The van der Waals surface area contributed by atoms with Crippen molar-refractivity contribution in [3.63, 3.8) is 0 Å². The van der Waals surface area contributed by atoms with Crippen LogP contribution < -0.4 is 15.2 Å². The lowest BCUT2D eigenvalue weighted by atomic mass is 10.0. The molecule has 0 amide bonds. The predicted molar refractivity (Wildman–Crippen MR) is 98.9 cm³/mol. The highest BCUT2D eigenvalue weighted by Crippen LogP contribution is 2.28. The summed E-state index contributed by atoms with van der Waals surface area (Å²) >= 11 is 3.41. The number of nitrogens with one attached hydrogen (secondary N) is 1. The maximum atomic E-state index is 12.7. The summed E-state index contributed by atoms with van der Waals surface area (Å²) in [5, 5.41) is 0. The van der Waals surface area contributed by atoms with E-state index in [0.29, 0.717) is 11.9 Å². The van der Waals surface area contributed by atoms with Gasteiger partial charge >= 0.3 is 5.76 Å². The number of hydrogen-bond acceptors (Lipinski definition) is 5. The Balaban J connectivity index is 1.60. The van der Waals surface area contributed by atoms with Gasteiger partial charge in [-0.15, -0.1) is 0 Å². The lowest BCUT2D eigenvalue weighted by Gasteiger charge is -2.26. The van der Waals surface area contributed by atoms with Crippen molar-refractivity contribution in [3.05, 3.63) is 57.0 Å². The summed E-state index contributed by atoms with van der Waals surface area (Å²) in [4.78, 5) is 11.6. The second-order valence-electron chi connectivity index (χ2n) is 6.14. The fourth-order valence-electron chi connectivity index (χ4n) is 3.01. The third-order valence-electron chi connectivity index (χ3n) is 4.32. The first-order chi connectivity index (χ1) is 12.3. The highest BCUT2D eigenvalue weighted by atomic mass is 79.9. The van der Waals surface area contributed by atoms with E-state index in [1.807, 2.05) is 18.2 Å². The van der Waals surface area contributed by atoms with Gasteiger partial charge in [0.05, 0.1) is 16.5 Å². The Morgan fingerprint density at radius 1 is 1.23 bits per heavy atom. The van der Waals surface area contributed by atoms with Crippen molar-refractivity contribution in [2.24, 2.45) is 7.05 Å². The second kappa shape index (κ2) is 6.26. The molecule has 0 radical (unpaired) electrons. The summed E-state index contributed by atoms with van der Waals surface area (Å²) in [6.07, 6.45) is 0.524. The van der Waals surface area contributed by atoms with E-state index in [0.717, 1.165) is 15.8 Å². The van der Waals surface area contributed by atoms with E-state index >= 15 is 0 Å². The van der Waals surface area contributed by atoms with Crippen LogP contribution in [0.1, 0.15) is 5.56 Å². The molecule has 0 saturated carbocycles. The van der Waals surface area contributed by atoms with E-state index in [1.165, 1.54) is 16.7 Å². The lowest BCUT2D eigenvalue weighted by molar-refractivity contribution is 0.254. The normalized spacial score (nSPS) is 17.1. The van der Waals surface area contributed by atoms with Crippen LogP contribution in [0.3, 0.4) is 0 Å². The van der Waals surface area contributed by atoms with Crippen LogP contribution in [-0.4, -0.2) is 25.6 Å². The van der Waals surface area contributed by atoms with Crippen molar-refractivity contribution in [1.29, 1.82) is 0 Å². The lowest BCUT2D eigenvalue weighted by Crippen LogP contribution is -2.42. The van der Waals surface area contributed by atoms with Crippen LogP contribution in [0.25, 0.3) is 11.1 Å². The Morgan fingerprint density at radius 2 is 2.04 bits per heavy atom. The van der Waals surface area contributed by atoms with Gasteiger partial charge in [0.1, 0.15) is 12.4 Å². The SMILES string of the molecule is Cn1c(=O)oc2cc(S(=O)(=O)N[C@H]3COc4ccc(Br)cc4C3)ccc21. The first-order valence-corrected chi connectivity index (χ1v) is 10.1. The summed E-state index contributed by atoms with van der Waals surface area (Å²) in [7, 11) is -2.22. The molecule has 0 saturated heterocycles. The number of sulfonamides is 1. The van der Waals surface area contributed by atoms with E-state index in [1.54, 1.807) is 13.1 Å². The van der Waals surface area contributed by atoms with Gasteiger partial charge in [0, 0.05) is 17.6 Å². The van der Waals surface area contributed by atoms with Crippen molar-refractivity contribution in [2.45, 2.75) is 17.4 Å². The van der Waals surface area contributed by atoms with Crippen LogP contribution in [0.5, 0.6) is 5.75 Å². The van der Waals surface area contributed by atoms with Crippen LogP contribution in [0.2, 0.25) is 0 Å². The van der Waals surface area contributed by atoms with Crippen LogP contribution in [0.4, 0.5) is 0 Å². The molecule has 2 heterocycles. The average Bonchev–Trinajstić information content (AvgIpc) is 2.88. The first-order valence-electron chi connectivity index (χ1n) is 7.86. The molecule has 0 bridgehead atoms. The van der Waals surface area contributed by atoms with Crippen LogP contribution in [0, 0.1) is 0 Å². The van der Waals surface area contributed by atoms with Crippen LogP contribution >= 0.6 is 15.9 Å². The number of nitrogens with zero attached hydrogens (tertiary/aromatic N) is 1. The molecule has 4 rings (SSSR count). The molecule has 1 aliphatic heterocycles. The van der Waals surface area contributed by atoms with E-state index in [-0.39, 0.29) is 23.1 Å². The molecule has 1 atom stereocenters. The Hall–Kier alpha value is -2.10. The third-order valence-corrected chi connectivity index (χ3v) is 6.34. The van der Waals surface area contributed by atoms with Crippen molar-refractivity contribution in [3.8, 4) is 5.75 Å². The van der Waals surface area contributed by atoms with Gasteiger partial charge in [0.25, 0.3) is 0 Å². The molecule has 0 aliphatic carbocycles. The predicted octanol–water partition coefficient (Wildman–Crippen LogP) is 2.18. The number of aromatic nitrogens is 1. The van der Waals surface area contributed by atoms with Gasteiger partial charge in [0.15, 0.2) is 5.58 Å². The molecule has 0 unspecified atom stereocenters. The van der Waals surface area contributed by atoms with E-state index < -0.39 is 15.8 Å². The zero-order valence-corrected chi connectivity index (χ0v) is 16.1. The maximum Gasteiger partial charge on any atom is 0.419 e. The zero-order chi connectivity index (χ0) is 18.5. The fraction of sp³-hybridized carbons (Fsp3) is 0.235. The van der Waals surface area contributed by atoms with Gasteiger partial charge < -0.3 is 9.15 Å². The highest BCUT2D eigenvalue weighted by Gasteiger charge is 2.26. The zero-order valence-electron chi connectivity index (χ0n) is 13.7. The molecule has 0 spiro atoms. The number of benzene rings is 2. The van der Waals surface area contributed by atoms with Crippen LogP contribution in [-0.2, 0) is 23.5 Å². The molecular weight excluding hydrogens is 424 g/mol. The summed E-state index contributed by atoms with van der Waals surface area (Å²) < 4.78 is 41.0. The van der Waals surface area contributed by atoms with Crippen molar-refractivity contribution >= 4 is 37.1 Å². The highest BCUT2D eigenvalue weighted by molar-refractivity contribution is 9.10. The number of oxazole rings is 1. The van der Waals surface area contributed by atoms with Crippen molar-refractivity contribution in [1.82, 2.24) is 9.29 Å². The number of fused-ring (bicyclic) bond motifs is 2. The summed E-state index contributed by atoms with van der Waals surface area (Å²) in [6.45, 7) is 0.247. The van der Waals surface area contributed by atoms with Crippen LogP contribution in [0.15, 0.2) is 55.0 Å². The molecule has 9 heteroatoms. The Kier molecular flexibility index (Phi) is 4.17. The number of aryl methyl sites for hydroxylation is 1. The van der Waals surface area contributed by atoms with Gasteiger partial charge in [-0.2, -0.15) is 0 Å². The van der Waals surface area contributed by atoms with Gasteiger partial charge in [0.2, 0.25) is 10.0 Å². The number of rotatable bonds is 3. The summed E-state index contributed by atoms with van der Waals surface area (Å²) in [6, 6.07) is 9.63. The first kappa shape index (κ1) is 17.3. The van der Waals surface area contributed by atoms with Gasteiger partial charge in [-0.1, -0.05) is 15.9 Å². The molecule has 1 N–H and O–H groups in total. The van der Waals surface area contributed by atoms with E-state index in [2.05, 4.69) is 20.7 Å². The van der Waals surface area contributed by atoms with Crippen molar-refractivity contribution in [2.75, 3.05) is 6.61 Å². The minimum Gasteiger partial charge on any atom is -0.492 e. The number of hydrogen-bond donors (Lipinski definition) is 1. The minimum absolute atomic E-state index is 0.0411. The Bertz CT molecular complexity index is 1170. The Morgan fingerprint density at radius 3 is 2.85 bits per heavy atom. The molecule has 3 aromatic rings. The number of ether oxygens (including phenoxy) is 1. The molecule has 0 fully saturated rings. The third kappa shape index (κ3) is 3.06. The molecule has 7 nitrogen and oxygen atoms in total.